The Hall–Kier alpha value is -3.15. The van der Waals surface area contributed by atoms with E-state index in [2.05, 4.69) is 10.6 Å². The van der Waals surface area contributed by atoms with Gasteiger partial charge in [0.25, 0.3) is 0 Å². The van der Waals surface area contributed by atoms with Gasteiger partial charge in [0.1, 0.15) is 6.23 Å². The summed E-state index contributed by atoms with van der Waals surface area (Å²) in [5.41, 5.74) is 1.69. The van der Waals surface area contributed by atoms with Gasteiger partial charge in [0.05, 0.1) is 18.0 Å². The number of benzene rings is 2. The van der Waals surface area contributed by atoms with E-state index in [-0.39, 0.29) is 31.3 Å². The predicted octanol–water partition coefficient (Wildman–Crippen LogP) is 0.893. The van der Waals surface area contributed by atoms with E-state index in [1.807, 2.05) is 6.92 Å². The van der Waals surface area contributed by atoms with Crippen molar-refractivity contribution < 1.29 is 32.2 Å². The van der Waals surface area contributed by atoms with Gasteiger partial charge in [-0.05, 0) is 43.2 Å². The van der Waals surface area contributed by atoms with Crippen LogP contribution in [0.15, 0.2) is 47.4 Å². The Bertz CT molecular complexity index is 1140. The Labute approximate surface area is 191 Å². The molecule has 0 radical (unpaired) electrons. The fourth-order valence-corrected chi connectivity index (χ4v) is 5.09. The molecule has 33 heavy (non-hydrogen) atoms. The van der Waals surface area contributed by atoms with Crippen LogP contribution in [0.2, 0.25) is 0 Å². The number of nitrogens with zero attached hydrogens (tertiary/aromatic N) is 1. The van der Waals surface area contributed by atoms with E-state index in [0.29, 0.717) is 24.5 Å². The van der Waals surface area contributed by atoms with Gasteiger partial charge in [0.2, 0.25) is 16.8 Å². The van der Waals surface area contributed by atoms with Crippen LogP contribution in [-0.2, 0) is 30.9 Å². The molecule has 2 amide bonds. The Morgan fingerprint density at radius 2 is 1.76 bits per heavy atom. The maximum Gasteiger partial charge on any atom is 0.309 e. The highest BCUT2D eigenvalue weighted by atomic mass is 32.2. The fourth-order valence-electron chi connectivity index (χ4n) is 3.52. The number of hydrogen-bond donors (Lipinski definition) is 2. The summed E-state index contributed by atoms with van der Waals surface area (Å²) in [5, 5.41) is 5.00. The first kappa shape index (κ1) is 23.0. The van der Waals surface area contributed by atoms with Gasteiger partial charge in [0, 0.05) is 13.1 Å². The lowest BCUT2D eigenvalue weighted by molar-refractivity contribution is -0.140. The normalized spacial score (nSPS) is 18.0. The van der Waals surface area contributed by atoms with E-state index >= 15 is 0 Å². The lowest BCUT2D eigenvalue weighted by Crippen LogP contribution is -2.53. The predicted molar refractivity (Wildman–Crippen MR) is 117 cm³/mol. The average molecular weight is 476 g/mol. The monoisotopic (exact) mass is 475 g/mol. The first-order valence-electron chi connectivity index (χ1n) is 10.5. The molecule has 1 saturated heterocycles. The number of nitrogens with one attached hydrogen (secondary N) is 2. The molecule has 2 heterocycles. The second-order valence-corrected chi connectivity index (χ2v) is 9.58. The van der Waals surface area contributed by atoms with Crippen molar-refractivity contribution in [1.29, 1.82) is 0 Å². The number of carbonyl (C=O) groups is 2. The van der Waals surface area contributed by atoms with Crippen molar-refractivity contribution >= 4 is 21.8 Å². The molecule has 11 heteroatoms. The second kappa shape index (κ2) is 9.77. The molecule has 1 atom stereocenters. The second-order valence-electron chi connectivity index (χ2n) is 7.69. The van der Waals surface area contributed by atoms with Gasteiger partial charge < -0.3 is 24.8 Å². The third-order valence-electron chi connectivity index (χ3n) is 5.32. The van der Waals surface area contributed by atoms with Gasteiger partial charge in [-0.25, -0.2) is 8.42 Å². The number of amides is 2. The molecule has 0 saturated carbocycles. The molecular weight excluding hydrogens is 450 g/mol. The highest BCUT2D eigenvalue weighted by Gasteiger charge is 2.34. The van der Waals surface area contributed by atoms with Gasteiger partial charge in [-0.1, -0.05) is 23.8 Å². The summed E-state index contributed by atoms with van der Waals surface area (Å²) in [6.45, 7) is 2.60. The molecule has 10 nitrogen and oxygen atoms in total. The lowest BCUT2D eigenvalue weighted by atomic mass is 10.2. The zero-order valence-corrected chi connectivity index (χ0v) is 18.9. The highest BCUT2D eigenvalue weighted by Crippen LogP contribution is 2.32. The van der Waals surface area contributed by atoms with Gasteiger partial charge in [0.15, 0.2) is 11.5 Å². The number of ether oxygens (including phenoxy) is 3. The summed E-state index contributed by atoms with van der Waals surface area (Å²) in [6, 6.07) is 11.7. The fraction of sp³-hybridized carbons (Fsp3) is 0.364. The number of hydrogen-bond acceptors (Lipinski definition) is 7. The number of rotatable bonds is 6. The molecule has 0 aliphatic carbocycles. The van der Waals surface area contributed by atoms with Crippen molar-refractivity contribution in [3.05, 3.63) is 53.6 Å². The first-order chi connectivity index (χ1) is 15.8. The molecule has 2 aromatic carbocycles. The smallest absolute Gasteiger partial charge is 0.309 e. The highest BCUT2D eigenvalue weighted by molar-refractivity contribution is 7.89. The van der Waals surface area contributed by atoms with Crippen molar-refractivity contribution in [3.63, 3.8) is 0 Å². The van der Waals surface area contributed by atoms with E-state index in [9.17, 15) is 18.0 Å². The van der Waals surface area contributed by atoms with Crippen LogP contribution in [0.25, 0.3) is 0 Å². The van der Waals surface area contributed by atoms with E-state index in [4.69, 9.17) is 14.2 Å². The minimum Gasteiger partial charge on any atom is -0.454 e. The van der Waals surface area contributed by atoms with Crippen LogP contribution >= 0.6 is 0 Å². The standard InChI is InChI=1S/C22H25N3O7S/c1-15-3-6-17(7-4-15)33(28,29)25-9-2-10-30-20(25)13-24-22(27)21(26)23-12-16-5-8-18-19(11-16)32-14-31-18/h3-8,11,20H,2,9-10,12-14H2,1H3,(H,23,26)(H,24,27)/t20-/m1/s1. The first-order valence-corrected chi connectivity index (χ1v) is 11.9. The van der Waals surface area contributed by atoms with Gasteiger partial charge in [-0.2, -0.15) is 4.31 Å². The van der Waals surface area contributed by atoms with Gasteiger partial charge in [-0.15, -0.1) is 0 Å². The molecule has 2 aromatic rings. The largest absolute Gasteiger partial charge is 0.454 e. The Morgan fingerprint density at radius 3 is 2.55 bits per heavy atom. The maximum absolute atomic E-state index is 13.1. The van der Waals surface area contributed by atoms with E-state index < -0.39 is 28.1 Å². The van der Waals surface area contributed by atoms with Gasteiger partial charge in [-0.3, -0.25) is 9.59 Å². The topological polar surface area (TPSA) is 123 Å². The average Bonchev–Trinajstić information content (AvgIpc) is 3.29. The number of carbonyl (C=O) groups excluding carboxylic acids is 2. The number of aryl methyl sites for hydroxylation is 1. The van der Waals surface area contributed by atoms with Crippen LogP contribution in [-0.4, -0.2) is 57.3 Å². The van der Waals surface area contributed by atoms with Crippen LogP contribution in [0.4, 0.5) is 0 Å². The lowest BCUT2D eigenvalue weighted by Gasteiger charge is -2.34. The molecule has 2 aliphatic rings. The molecule has 2 N–H and O–H groups in total. The zero-order valence-electron chi connectivity index (χ0n) is 18.1. The minimum atomic E-state index is -3.81. The summed E-state index contributed by atoms with van der Waals surface area (Å²) in [6.07, 6.45) is -0.374. The quantitative estimate of drug-likeness (QED) is 0.595. The summed E-state index contributed by atoms with van der Waals surface area (Å²) in [4.78, 5) is 24.6. The van der Waals surface area contributed by atoms with Gasteiger partial charge >= 0.3 is 11.8 Å². The number of fused-ring (bicyclic) bond motifs is 1. The maximum atomic E-state index is 13.1. The van der Waals surface area contributed by atoms with E-state index in [1.54, 1.807) is 42.5 Å². The van der Waals surface area contributed by atoms with Crippen LogP contribution < -0.4 is 20.1 Å². The molecule has 4 rings (SSSR count). The number of sulfonamides is 1. The van der Waals surface area contributed by atoms with E-state index in [0.717, 1.165) is 11.1 Å². The Balaban J connectivity index is 1.33. The summed E-state index contributed by atoms with van der Waals surface area (Å²) < 4.78 is 43.5. The van der Waals surface area contributed by atoms with E-state index in [1.165, 1.54) is 4.31 Å². The summed E-state index contributed by atoms with van der Waals surface area (Å²) >= 11 is 0. The van der Waals surface area contributed by atoms with Crippen LogP contribution in [0.1, 0.15) is 17.5 Å². The SMILES string of the molecule is Cc1ccc(S(=O)(=O)N2CCCO[C@@H]2CNC(=O)C(=O)NCc2ccc3c(c2)OCO3)cc1. The Morgan fingerprint density at radius 1 is 1.03 bits per heavy atom. The van der Waals surface area contributed by atoms with Crippen molar-refractivity contribution in [2.75, 3.05) is 26.5 Å². The summed E-state index contributed by atoms with van der Waals surface area (Å²) in [7, 11) is -3.81. The molecule has 0 unspecified atom stereocenters. The van der Waals surface area contributed by atoms with Crippen LogP contribution in [0.3, 0.4) is 0 Å². The molecule has 1 fully saturated rings. The molecule has 2 aliphatic heterocycles. The molecule has 176 valence electrons. The van der Waals surface area contributed by atoms with Crippen LogP contribution in [0, 0.1) is 6.92 Å². The Kier molecular flexibility index (Phi) is 6.82. The van der Waals surface area contributed by atoms with Crippen molar-refractivity contribution in [3.8, 4) is 11.5 Å². The van der Waals surface area contributed by atoms with Crippen molar-refractivity contribution in [2.24, 2.45) is 0 Å². The third-order valence-corrected chi connectivity index (χ3v) is 7.22. The van der Waals surface area contributed by atoms with Crippen molar-refractivity contribution in [2.45, 2.75) is 31.0 Å². The van der Waals surface area contributed by atoms with Crippen LogP contribution in [0.5, 0.6) is 11.5 Å². The molecular formula is C22H25N3O7S. The third kappa shape index (κ3) is 5.27. The minimum absolute atomic E-state index is 0.122. The molecule has 0 aromatic heterocycles. The van der Waals surface area contributed by atoms with Crippen molar-refractivity contribution in [1.82, 2.24) is 14.9 Å². The molecule has 0 spiro atoms. The molecule has 0 bridgehead atoms. The zero-order chi connectivity index (χ0) is 23.4. The summed E-state index contributed by atoms with van der Waals surface area (Å²) in [5.74, 6) is -0.509.